The van der Waals surface area contributed by atoms with Crippen molar-refractivity contribution in [3.05, 3.63) is 35.9 Å². The number of benzene rings is 1. The number of aryl methyl sites for hydroxylation is 1. The van der Waals surface area contributed by atoms with E-state index in [1.807, 2.05) is 32.0 Å². The highest BCUT2D eigenvalue weighted by molar-refractivity contribution is 5.79. The second-order valence-corrected chi connectivity index (χ2v) is 5.38. The summed E-state index contributed by atoms with van der Waals surface area (Å²) in [6, 6.07) is 9.39. The highest BCUT2D eigenvalue weighted by atomic mass is 16.4. The molecule has 5 heteroatoms. The van der Waals surface area contributed by atoms with Crippen LogP contribution in [0.5, 0.6) is 0 Å². The molecule has 0 aliphatic rings. The summed E-state index contributed by atoms with van der Waals surface area (Å²) < 4.78 is 0. The van der Waals surface area contributed by atoms with Crippen LogP contribution < -0.4 is 10.6 Å². The second-order valence-electron chi connectivity index (χ2n) is 5.38. The van der Waals surface area contributed by atoms with Crippen LogP contribution in [0.15, 0.2) is 30.3 Å². The van der Waals surface area contributed by atoms with E-state index in [9.17, 15) is 9.59 Å². The van der Waals surface area contributed by atoms with Gasteiger partial charge >= 0.3 is 5.97 Å². The van der Waals surface area contributed by atoms with Gasteiger partial charge in [0.15, 0.2) is 0 Å². The first-order valence-corrected chi connectivity index (χ1v) is 7.27. The second kappa shape index (κ2) is 9.13. The average Bonchev–Trinajstić information content (AvgIpc) is 2.44. The number of hydrogen-bond donors (Lipinski definition) is 3. The molecule has 0 aliphatic carbocycles. The minimum absolute atomic E-state index is 0.0283. The van der Waals surface area contributed by atoms with Crippen LogP contribution >= 0.6 is 0 Å². The molecule has 0 bridgehead atoms. The van der Waals surface area contributed by atoms with E-state index >= 15 is 0 Å². The number of carbonyl (C=O) groups is 2. The van der Waals surface area contributed by atoms with Gasteiger partial charge in [0.25, 0.3) is 0 Å². The molecule has 1 aromatic rings. The lowest BCUT2D eigenvalue weighted by molar-refractivity contribution is -0.140. The molecular weight excluding hydrogens is 268 g/mol. The standard InChI is InChI=1S/C16H24N2O3/c1-12(2)15(16(20)21)18-11-14(19)17-10-6-9-13-7-4-3-5-8-13/h3-5,7-8,12,15,18H,6,9-11H2,1-2H3,(H,17,19)(H,20,21). The predicted molar refractivity (Wildman–Crippen MR) is 82.0 cm³/mol. The molecule has 116 valence electrons. The number of carboxylic acid groups (broad SMARTS) is 1. The van der Waals surface area contributed by atoms with Crippen LogP contribution in [0.1, 0.15) is 25.8 Å². The van der Waals surface area contributed by atoms with E-state index in [1.54, 1.807) is 0 Å². The third-order valence-corrected chi connectivity index (χ3v) is 3.22. The van der Waals surface area contributed by atoms with Crippen molar-refractivity contribution in [3.63, 3.8) is 0 Å². The third-order valence-electron chi connectivity index (χ3n) is 3.22. The quantitative estimate of drug-likeness (QED) is 0.602. The molecule has 1 aromatic carbocycles. The lowest BCUT2D eigenvalue weighted by Crippen LogP contribution is -2.45. The van der Waals surface area contributed by atoms with E-state index in [1.165, 1.54) is 5.56 Å². The van der Waals surface area contributed by atoms with Crippen LogP contribution in [-0.4, -0.2) is 36.1 Å². The van der Waals surface area contributed by atoms with Crippen molar-refractivity contribution in [3.8, 4) is 0 Å². The van der Waals surface area contributed by atoms with Crippen molar-refractivity contribution in [2.24, 2.45) is 5.92 Å². The topological polar surface area (TPSA) is 78.4 Å². The van der Waals surface area contributed by atoms with E-state index in [2.05, 4.69) is 22.8 Å². The zero-order valence-corrected chi connectivity index (χ0v) is 12.6. The van der Waals surface area contributed by atoms with Gasteiger partial charge in [0.1, 0.15) is 6.04 Å². The Hall–Kier alpha value is -1.88. The maximum Gasteiger partial charge on any atom is 0.320 e. The number of carbonyl (C=O) groups excluding carboxylic acids is 1. The molecular formula is C16H24N2O3. The summed E-state index contributed by atoms with van der Waals surface area (Å²) in [7, 11) is 0. The van der Waals surface area contributed by atoms with Crippen molar-refractivity contribution < 1.29 is 14.7 Å². The molecule has 5 nitrogen and oxygen atoms in total. The SMILES string of the molecule is CC(C)C(NCC(=O)NCCCc1ccccc1)C(=O)O. The van der Waals surface area contributed by atoms with Gasteiger partial charge in [0.2, 0.25) is 5.91 Å². The predicted octanol–water partition coefficient (Wildman–Crippen LogP) is 1.43. The first kappa shape index (κ1) is 17.2. The van der Waals surface area contributed by atoms with E-state index in [4.69, 9.17) is 5.11 Å². The van der Waals surface area contributed by atoms with Gasteiger partial charge in [-0.05, 0) is 24.3 Å². The molecule has 0 saturated heterocycles. The van der Waals surface area contributed by atoms with Crippen LogP contribution in [0.3, 0.4) is 0 Å². The normalized spacial score (nSPS) is 12.1. The van der Waals surface area contributed by atoms with Crippen molar-refractivity contribution in [1.29, 1.82) is 0 Å². The summed E-state index contributed by atoms with van der Waals surface area (Å²) in [6.45, 7) is 4.24. The summed E-state index contributed by atoms with van der Waals surface area (Å²) in [5.41, 5.74) is 1.25. The fraction of sp³-hybridized carbons (Fsp3) is 0.500. The molecule has 0 spiro atoms. The average molecular weight is 292 g/mol. The Bertz CT molecular complexity index is 446. The largest absolute Gasteiger partial charge is 0.480 e. The zero-order chi connectivity index (χ0) is 15.7. The molecule has 0 heterocycles. The van der Waals surface area contributed by atoms with Crippen molar-refractivity contribution >= 4 is 11.9 Å². The molecule has 0 radical (unpaired) electrons. The van der Waals surface area contributed by atoms with Crippen LogP contribution in [-0.2, 0) is 16.0 Å². The van der Waals surface area contributed by atoms with Gasteiger partial charge in [-0.1, -0.05) is 44.2 Å². The van der Waals surface area contributed by atoms with E-state index in [-0.39, 0.29) is 18.4 Å². The zero-order valence-electron chi connectivity index (χ0n) is 12.6. The molecule has 0 saturated carbocycles. The molecule has 0 aromatic heterocycles. The molecule has 1 rings (SSSR count). The summed E-state index contributed by atoms with van der Waals surface area (Å²) >= 11 is 0. The first-order chi connectivity index (χ1) is 10.0. The molecule has 3 N–H and O–H groups in total. The lowest BCUT2D eigenvalue weighted by atomic mass is 10.1. The summed E-state index contributed by atoms with van der Waals surface area (Å²) in [5, 5.41) is 14.6. The Labute approximate surface area is 125 Å². The number of nitrogens with one attached hydrogen (secondary N) is 2. The van der Waals surface area contributed by atoms with Crippen molar-refractivity contribution in [2.45, 2.75) is 32.7 Å². The van der Waals surface area contributed by atoms with Gasteiger partial charge in [-0.3, -0.25) is 14.9 Å². The Morgan fingerprint density at radius 3 is 2.43 bits per heavy atom. The summed E-state index contributed by atoms with van der Waals surface area (Å²) in [4.78, 5) is 22.6. The molecule has 0 aliphatic heterocycles. The molecule has 21 heavy (non-hydrogen) atoms. The van der Waals surface area contributed by atoms with Gasteiger partial charge < -0.3 is 10.4 Å². The smallest absolute Gasteiger partial charge is 0.320 e. The van der Waals surface area contributed by atoms with Crippen molar-refractivity contribution in [2.75, 3.05) is 13.1 Å². The highest BCUT2D eigenvalue weighted by Gasteiger charge is 2.21. The number of hydrogen-bond acceptors (Lipinski definition) is 3. The van der Waals surface area contributed by atoms with Gasteiger partial charge in [-0.15, -0.1) is 0 Å². The Balaban J connectivity index is 2.18. The molecule has 1 amide bonds. The van der Waals surface area contributed by atoms with Crippen LogP contribution in [0.25, 0.3) is 0 Å². The first-order valence-electron chi connectivity index (χ1n) is 7.27. The molecule has 0 fully saturated rings. The van der Waals surface area contributed by atoms with Gasteiger partial charge in [-0.2, -0.15) is 0 Å². The maximum absolute atomic E-state index is 11.6. The van der Waals surface area contributed by atoms with E-state index in [0.717, 1.165) is 12.8 Å². The van der Waals surface area contributed by atoms with E-state index in [0.29, 0.717) is 6.54 Å². The summed E-state index contributed by atoms with van der Waals surface area (Å²) in [5.74, 6) is -1.16. The van der Waals surface area contributed by atoms with Gasteiger partial charge in [0, 0.05) is 6.54 Å². The third kappa shape index (κ3) is 6.90. The van der Waals surface area contributed by atoms with Crippen LogP contribution in [0, 0.1) is 5.92 Å². The minimum Gasteiger partial charge on any atom is -0.480 e. The maximum atomic E-state index is 11.6. The lowest BCUT2D eigenvalue weighted by Gasteiger charge is -2.17. The van der Waals surface area contributed by atoms with Crippen molar-refractivity contribution in [1.82, 2.24) is 10.6 Å². The fourth-order valence-electron chi connectivity index (χ4n) is 2.04. The summed E-state index contributed by atoms with van der Waals surface area (Å²) in [6.07, 6.45) is 1.78. The van der Waals surface area contributed by atoms with E-state index < -0.39 is 12.0 Å². The fourth-order valence-corrected chi connectivity index (χ4v) is 2.04. The molecule has 1 atom stereocenters. The highest BCUT2D eigenvalue weighted by Crippen LogP contribution is 2.02. The monoisotopic (exact) mass is 292 g/mol. The Kier molecular flexibility index (Phi) is 7.46. The number of aliphatic carboxylic acids is 1. The Morgan fingerprint density at radius 1 is 1.19 bits per heavy atom. The van der Waals surface area contributed by atoms with Gasteiger partial charge in [-0.25, -0.2) is 0 Å². The minimum atomic E-state index is -0.929. The number of rotatable bonds is 9. The number of amides is 1. The molecule has 1 unspecified atom stereocenters. The Morgan fingerprint density at radius 2 is 1.86 bits per heavy atom. The number of carboxylic acids is 1. The van der Waals surface area contributed by atoms with Crippen LogP contribution in [0.2, 0.25) is 0 Å². The van der Waals surface area contributed by atoms with Gasteiger partial charge in [0.05, 0.1) is 6.54 Å². The van der Waals surface area contributed by atoms with Crippen LogP contribution in [0.4, 0.5) is 0 Å².